The Balaban J connectivity index is 2.71. The molecule has 1 unspecified atom stereocenters. The van der Waals surface area contributed by atoms with Crippen molar-refractivity contribution in [1.29, 1.82) is 0 Å². The molecule has 0 bridgehead atoms. The molecule has 3 heteroatoms. The number of hydrogen-bond acceptors (Lipinski definition) is 2. The van der Waals surface area contributed by atoms with Crippen LogP contribution >= 0.6 is 22.6 Å². The fraction of sp³-hybridized carbons (Fsp3) is 0.429. The molecule has 0 amide bonds. The van der Waals surface area contributed by atoms with Crippen molar-refractivity contribution in [2.75, 3.05) is 0 Å². The van der Waals surface area contributed by atoms with Crippen LogP contribution in [0.3, 0.4) is 0 Å². The number of dihydropyridines is 1. The van der Waals surface area contributed by atoms with Gasteiger partial charge < -0.3 is 11.1 Å². The van der Waals surface area contributed by atoms with Gasteiger partial charge in [0, 0.05) is 0 Å². The summed E-state index contributed by atoms with van der Waals surface area (Å²) in [6.07, 6.45) is 5.08. The quantitative estimate of drug-likeness (QED) is 0.420. The number of alkyl halides is 1. The molecule has 0 radical (unpaired) electrons. The van der Waals surface area contributed by atoms with Gasteiger partial charge in [-0.2, -0.15) is 0 Å². The average Bonchev–Trinajstić information content (AvgIpc) is 1.88. The molecule has 56 valence electrons. The largest absolute Gasteiger partial charge is 0.386 e. The summed E-state index contributed by atoms with van der Waals surface area (Å²) in [4.78, 5) is 0. The summed E-state index contributed by atoms with van der Waals surface area (Å²) in [7, 11) is 0. The molecule has 3 N–H and O–H groups in total. The Kier molecular flexibility index (Phi) is 2.59. The molecule has 0 aromatic heterocycles. The molecule has 0 spiro atoms. The highest BCUT2D eigenvalue weighted by Crippen LogP contribution is 2.17. The third-order valence-electron chi connectivity index (χ3n) is 1.50. The van der Waals surface area contributed by atoms with E-state index in [4.69, 9.17) is 5.73 Å². The number of allylic oxidation sites excluding steroid dienone is 2. The molecule has 0 aromatic carbocycles. The Morgan fingerprint density at radius 2 is 2.40 bits per heavy atom. The first kappa shape index (κ1) is 7.91. The molecule has 1 rings (SSSR count). The van der Waals surface area contributed by atoms with Crippen LogP contribution in [0.5, 0.6) is 0 Å². The molecule has 2 nitrogen and oxygen atoms in total. The molecule has 1 aliphatic heterocycles. The molecule has 1 aliphatic rings. The number of nitrogens with two attached hydrogens (primary N) is 1. The summed E-state index contributed by atoms with van der Waals surface area (Å²) in [5.74, 6) is 0.761. The lowest BCUT2D eigenvalue weighted by atomic mass is 10.1. The minimum Gasteiger partial charge on any atom is -0.386 e. The van der Waals surface area contributed by atoms with Crippen LogP contribution in [0.15, 0.2) is 23.5 Å². The second-order valence-electron chi connectivity index (χ2n) is 2.22. The van der Waals surface area contributed by atoms with Gasteiger partial charge >= 0.3 is 0 Å². The summed E-state index contributed by atoms with van der Waals surface area (Å²) in [6, 6.07) is 0. The van der Waals surface area contributed by atoms with E-state index in [-0.39, 0.29) is 0 Å². The van der Waals surface area contributed by atoms with Gasteiger partial charge in [-0.3, -0.25) is 0 Å². The summed E-state index contributed by atoms with van der Waals surface area (Å²) in [5.41, 5.74) is 6.94. The van der Waals surface area contributed by atoms with Gasteiger partial charge in [0.2, 0.25) is 0 Å². The van der Waals surface area contributed by atoms with Gasteiger partial charge in [0.1, 0.15) is 4.05 Å². The minimum atomic E-state index is 0.382. The number of rotatable bonds is 1. The molecular formula is C7H11IN2. The van der Waals surface area contributed by atoms with E-state index in [0.717, 1.165) is 12.2 Å². The maximum atomic E-state index is 5.54. The Hall–Kier alpha value is -0.190. The molecule has 0 aromatic rings. The molecule has 0 saturated carbocycles. The fourth-order valence-electron chi connectivity index (χ4n) is 0.866. The van der Waals surface area contributed by atoms with Crippen LogP contribution in [0.4, 0.5) is 0 Å². The monoisotopic (exact) mass is 250 g/mol. The van der Waals surface area contributed by atoms with E-state index in [1.165, 1.54) is 5.57 Å². The van der Waals surface area contributed by atoms with E-state index in [2.05, 4.69) is 40.9 Å². The predicted molar refractivity (Wildman–Crippen MR) is 51.6 cm³/mol. The third-order valence-corrected chi connectivity index (χ3v) is 2.62. The highest BCUT2D eigenvalue weighted by Gasteiger charge is 2.10. The Morgan fingerprint density at radius 3 is 2.90 bits per heavy atom. The van der Waals surface area contributed by atoms with Crippen LogP contribution in [-0.2, 0) is 0 Å². The highest BCUT2D eigenvalue weighted by atomic mass is 127. The second kappa shape index (κ2) is 3.27. The number of halogens is 1. The van der Waals surface area contributed by atoms with Crippen LogP contribution in [0.25, 0.3) is 0 Å². The first-order valence-corrected chi connectivity index (χ1v) is 4.55. The van der Waals surface area contributed by atoms with Gasteiger partial charge in [-0.15, -0.1) is 0 Å². The van der Waals surface area contributed by atoms with Gasteiger partial charge in [-0.05, 0) is 18.1 Å². The summed E-state index contributed by atoms with van der Waals surface area (Å²) >= 11 is 2.33. The Labute approximate surface area is 74.7 Å². The maximum absolute atomic E-state index is 5.54. The van der Waals surface area contributed by atoms with E-state index < -0.39 is 0 Å². The topological polar surface area (TPSA) is 38.0 Å². The molecule has 1 heterocycles. The lowest BCUT2D eigenvalue weighted by Gasteiger charge is -2.19. The predicted octanol–water partition coefficient (Wildman–Crippen LogP) is 1.49. The zero-order chi connectivity index (χ0) is 7.56. The summed E-state index contributed by atoms with van der Waals surface area (Å²) < 4.78 is 0.382. The first-order chi connectivity index (χ1) is 4.74. The Morgan fingerprint density at radius 1 is 1.70 bits per heavy atom. The van der Waals surface area contributed by atoms with Crippen molar-refractivity contribution in [3.05, 3.63) is 23.5 Å². The lowest BCUT2D eigenvalue weighted by molar-refractivity contribution is 0.788. The van der Waals surface area contributed by atoms with Crippen molar-refractivity contribution in [3.63, 3.8) is 0 Å². The smallest absolute Gasteiger partial charge is 0.101 e. The van der Waals surface area contributed by atoms with Gasteiger partial charge in [-0.25, -0.2) is 0 Å². The van der Waals surface area contributed by atoms with E-state index in [0.29, 0.717) is 4.05 Å². The number of hydrogen-bond donors (Lipinski definition) is 2. The summed E-state index contributed by atoms with van der Waals surface area (Å²) in [5, 5.41) is 3.14. The third kappa shape index (κ3) is 1.65. The van der Waals surface area contributed by atoms with Crippen LogP contribution < -0.4 is 11.1 Å². The number of nitrogens with one attached hydrogen (secondary N) is 1. The van der Waals surface area contributed by atoms with Crippen molar-refractivity contribution < 1.29 is 0 Å². The van der Waals surface area contributed by atoms with Crippen molar-refractivity contribution in [2.45, 2.75) is 17.4 Å². The molecular weight excluding hydrogens is 239 g/mol. The Bertz CT molecular complexity index is 184. The van der Waals surface area contributed by atoms with Crippen molar-refractivity contribution in [2.24, 2.45) is 5.73 Å². The molecule has 0 fully saturated rings. The van der Waals surface area contributed by atoms with E-state index in [9.17, 15) is 0 Å². The first-order valence-electron chi connectivity index (χ1n) is 3.31. The molecule has 0 saturated heterocycles. The van der Waals surface area contributed by atoms with E-state index in [1.54, 1.807) is 0 Å². The SMILES string of the molecule is CCC1=CC=C(N)NC1I. The standard InChI is InChI=1S/C7H11IN2/c1-2-5-3-4-6(9)10-7(5)8/h3-4,7,10H,2,9H2,1H3. The fourth-order valence-corrected chi connectivity index (χ4v) is 1.87. The molecule has 0 aliphatic carbocycles. The van der Waals surface area contributed by atoms with Gasteiger partial charge in [0.25, 0.3) is 0 Å². The van der Waals surface area contributed by atoms with Gasteiger partial charge in [-0.1, -0.05) is 35.6 Å². The van der Waals surface area contributed by atoms with Gasteiger partial charge in [0.15, 0.2) is 0 Å². The average molecular weight is 250 g/mol. The normalized spacial score (nSPS) is 24.8. The molecule has 1 atom stereocenters. The van der Waals surface area contributed by atoms with Crippen LogP contribution in [0.1, 0.15) is 13.3 Å². The van der Waals surface area contributed by atoms with Crippen LogP contribution in [-0.4, -0.2) is 4.05 Å². The van der Waals surface area contributed by atoms with Crippen molar-refractivity contribution in [3.8, 4) is 0 Å². The second-order valence-corrected chi connectivity index (χ2v) is 3.47. The highest BCUT2D eigenvalue weighted by molar-refractivity contribution is 14.1. The zero-order valence-electron chi connectivity index (χ0n) is 5.89. The van der Waals surface area contributed by atoms with Gasteiger partial charge in [0.05, 0.1) is 5.82 Å². The van der Waals surface area contributed by atoms with Crippen molar-refractivity contribution >= 4 is 22.6 Å². The van der Waals surface area contributed by atoms with Crippen LogP contribution in [0.2, 0.25) is 0 Å². The lowest BCUT2D eigenvalue weighted by Crippen LogP contribution is -2.30. The minimum absolute atomic E-state index is 0.382. The molecule has 10 heavy (non-hydrogen) atoms. The maximum Gasteiger partial charge on any atom is 0.101 e. The zero-order valence-corrected chi connectivity index (χ0v) is 8.05. The summed E-state index contributed by atoms with van der Waals surface area (Å²) in [6.45, 7) is 2.15. The van der Waals surface area contributed by atoms with E-state index in [1.807, 2.05) is 6.08 Å². The van der Waals surface area contributed by atoms with Crippen LogP contribution in [0, 0.1) is 0 Å². The van der Waals surface area contributed by atoms with Crippen molar-refractivity contribution in [1.82, 2.24) is 5.32 Å². The van der Waals surface area contributed by atoms with E-state index >= 15 is 0 Å².